The van der Waals surface area contributed by atoms with Crippen LogP contribution in [0.15, 0.2) is 51.8 Å². The van der Waals surface area contributed by atoms with E-state index in [2.05, 4.69) is 24.0 Å². The molecule has 1 amide bonds. The molecule has 3 rings (SSSR count). The van der Waals surface area contributed by atoms with Crippen LogP contribution in [0.5, 0.6) is 0 Å². The van der Waals surface area contributed by atoms with Gasteiger partial charge in [-0.15, -0.1) is 0 Å². The van der Waals surface area contributed by atoms with Gasteiger partial charge < -0.3 is 15.0 Å². The van der Waals surface area contributed by atoms with E-state index in [4.69, 9.17) is 4.74 Å². The summed E-state index contributed by atoms with van der Waals surface area (Å²) < 4.78 is 19.5. The van der Waals surface area contributed by atoms with Crippen LogP contribution in [0, 0.1) is 5.82 Å². The summed E-state index contributed by atoms with van der Waals surface area (Å²) in [5.74, 6) is 0.423. The minimum atomic E-state index is -0.268. The molecule has 1 aliphatic heterocycles. The molecule has 0 aromatic heterocycles. The van der Waals surface area contributed by atoms with Crippen molar-refractivity contribution in [2.24, 2.45) is 4.99 Å². The van der Waals surface area contributed by atoms with Gasteiger partial charge >= 0.3 is 0 Å². The number of likely N-dealkylation sites (tertiary alicyclic amines) is 1. The van der Waals surface area contributed by atoms with Crippen LogP contribution in [0.3, 0.4) is 0 Å². The number of hydrogen-bond acceptors (Lipinski definition) is 4. The molecule has 1 heterocycles. The fraction of sp³-hybridized carbons (Fsp3) is 0.500. The molecular formula is C24H32FN3O2. The maximum Gasteiger partial charge on any atom is 0.254 e. The van der Waals surface area contributed by atoms with E-state index in [1.165, 1.54) is 6.07 Å². The number of hydrogen-bond donors (Lipinski definition) is 1. The number of rotatable bonds is 9. The summed E-state index contributed by atoms with van der Waals surface area (Å²) in [6.45, 7) is 13.0. The van der Waals surface area contributed by atoms with Gasteiger partial charge in [-0.1, -0.05) is 30.7 Å². The number of nitrogens with one attached hydrogen (secondary N) is 1. The molecule has 5 nitrogen and oxygen atoms in total. The summed E-state index contributed by atoms with van der Waals surface area (Å²) in [5, 5.41) is 3.47. The Morgan fingerprint density at radius 1 is 1.33 bits per heavy atom. The predicted octanol–water partition coefficient (Wildman–Crippen LogP) is 4.35. The van der Waals surface area contributed by atoms with Gasteiger partial charge in [-0.25, -0.2) is 9.38 Å². The van der Waals surface area contributed by atoms with Crippen molar-refractivity contribution in [1.82, 2.24) is 10.2 Å². The molecule has 0 radical (unpaired) electrons. The third kappa shape index (κ3) is 4.98. The van der Waals surface area contributed by atoms with E-state index in [-0.39, 0.29) is 30.0 Å². The number of carbonyl (C=O) groups excluding carboxylic acids is 1. The van der Waals surface area contributed by atoms with Crippen molar-refractivity contribution in [3.8, 4) is 0 Å². The molecule has 1 aliphatic carbocycles. The second kappa shape index (κ2) is 9.13. The summed E-state index contributed by atoms with van der Waals surface area (Å²) in [7, 11) is 0. The molecule has 2 fully saturated rings. The molecule has 2 aliphatic rings. The second-order valence-corrected chi connectivity index (χ2v) is 8.63. The summed E-state index contributed by atoms with van der Waals surface area (Å²) in [5.41, 5.74) is 3.14. The Hall–Kier alpha value is -2.47. The van der Waals surface area contributed by atoms with Crippen molar-refractivity contribution in [3.05, 3.63) is 58.2 Å². The van der Waals surface area contributed by atoms with Gasteiger partial charge in [-0.3, -0.25) is 4.79 Å². The van der Waals surface area contributed by atoms with E-state index in [1.807, 2.05) is 20.8 Å². The van der Waals surface area contributed by atoms with Crippen LogP contribution < -0.4 is 5.32 Å². The molecule has 0 bridgehead atoms. The highest BCUT2D eigenvalue weighted by atomic mass is 19.1. The number of allylic oxidation sites excluding steroid dienone is 1. The third-order valence-electron chi connectivity index (χ3n) is 5.80. The molecular weight excluding hydrogens is 381 g/mol. The number of carbonyl (C=O) groups is 1. The largest absolute Gasteiger partial charge is 0.370 e. The number of benzene rings is 1. The van der Waals surface area contributed by atoms with Gasteiger partial charge in [0.05, 0.1) is 12.7 Å². The van der Waals surface area contributed by atoms with Gasteiger partial charge in [0.2, 0.25) is 0 Å². The van der Waals surface area contributed by atoms with Crippen LogP contribution in [0.1, 0.15) is 52.5 Å². The van der Waals surface area contributed by atoms with Gasteiger partial charge in [0.1, 0.15) is 11.6 Å². The number of halogens is 1. The molecule has 30 heavy (non-hydrogen) atoms. The van der Waals surface area contributed by atoms with Crippen molar-refractivity contribution in [2.45, 2.75) is 65.2 Å². The van der Waals surface area contributed by atoms with Crippen molar-refractivity contribution < 1.29 is 13.9 Å². The average Bonchev–Trinajstić information content (AvgIpc) is 3.41. The Kier molecular flexibility index (Phi) is 6.76. The highest BCUT2D eigenvalue weighted by molar-refractivity contribution is 5.99. The fourth-order valence-electron chi connectivity index (χ4n) is 3.61. The van der Waals surface area contributed by atoms with Crippen LogP contribution in [-0.4, -0.2) is 42.3 Å². The highest BCUT2D eigenvalue weighted by Gasteiger charge is 2.39. The smallest absolute Gasteiger partial charge is 0.254 e. The summed E-state index contributed by atoms with van der Waals surface area (Å²) in [6.07, 6.45) is 2.79. The molecule has 1 aromatic rings. The summed E-state index contributed by atoms with van der Waals surface area (Å²) >= 11 is 0. The number of ether oxygens (including phenoxy) is 1. The molecule has 0 spiro atoms. The molecule has 1 aromatic carbocycles. The minimum Gasteiger partial charge on any atom is -0.370 e. The Labute approximate surface area is 178 Å². The number of aliphatic imine (C=N–C) groups is 1. The highest BCUT2D eigenvalue weighted by Crippen LogP contribution is 2.37. The Bertz CT molecular complexity index is 876. The third-order valence-corrected chi connectivity index (χ3v) is 5.80. The monoisotopic (exact) mass is 413 g/mol. The molecule has 1 saturated carbocycles. The number of amides is 1. The van der Waals surface area contributed by atoms with Crippen molar-refractivity contribution >= 4 is 12.6 Å². The maximum atomic E-state index is 13.7. The average molecular weight is 414 g/mol. The van der Waals surface area contributed by atoms with E-state index in [0.717, 1.165) is 24.0 Å². The van der Waals surface area contributed by atoms with Crippen molar-refractivity contribution in [2.75, 3.05) is 13.1 Å². The topological polar surface area (TPSA) is 53.9 Å². The Balaban J connectivity index is 1.66. The molecule has 162 valence electrons. The lowest BCUT2D eigenvalue weighted by atomic mass is 9.95. The lowest BCUT2D eigenvalue weighted by molar-refractivity contribution is -0.141. The van der Waals surface area contributed by atoms with E-state index in [9.17, 15) is 9.18 Å². The first-order chi connectivity index (χ1) is 14.3. The molecule has 6 heteroatoms. The van der Waals surface area contributed by atoms with Crippen molar-refractivity contribution in [3.63, 3.8) is 0 Å². The van der Waals surface area contributed by atoms with Crippen LogP contribution in [0.2, 0.25) is 0 Å². The van der Waals surface area contributed by atoms with Gasteiger partial charge in [0, 0.05) is 35.3 Å². The van der Waals surface area contributed by atoms with Gasteiger partial charge in [0.25, 0.3) is 5.91 Å². The molecule has 0 unspecified atom stereocenters. The lowest BCUT2D eigenvalue weighted by Gasteiger charge is -2.40. The van der Waals surface area contributed by atoms with Crippen LogP contribution >= 0.6 is 0 Å². The van der Waals surface area contributed by atoms with Gasteiger partial charge in [-0.2, -0.15) is 0 Å². The quantitative estimate of drug-likeness (QED) is 0.372. The zero-order valence-corrected chi connectivity index (χ0v) is 18.4. The van der Waals surface area contributed by atoms with E-state index >= 15 is 0 Å². The van der Waals surface area contributed by atoms with Crippen LogP contribution in [-0.2, 0) is 16.1 Å². The van der Waals surface area contributed by atoms with E-state index in [0.29, 0.717) is 36.5 Å². The zero-order chi connectivity index (χ0) is 21.9. The fourth-order valence-corrected chi connectivity index (χ4v) is 3.61. The maximum absolute atomic E-state index is 13.7. The van der Waals surface area contributed by atoms with E-state index < -0.39 is 0 Å². The Morgan fingerprint density at radius 2 is 2.00 bits per heavy atom. The summed E-state index contributed by atoms with van der Waals surface area (Å²) in [4.78, 5) is 19.3. The minimum absolute atomic E-state index is 0.0125. The van der Waals surface area contributed by atoms with E-state index in [1.54, 1.807) is 23.1 Å². The van der Waals surface area contributed by atoms with Gasteiger partial charge in [-0.05, 0) is 52.8 Å². The number of nitrogens with zero attached hydrogens (tertiary/aromatic N) is 2. The first-order valence-electron chi connectivity index (χ1n) is 10.6. The van der Waals surface area contributed by atoms with Crippen LogP contribution in [0.4, 0.5) is 4.39 Å². The zero-order valence-electron chi connectivity index (χ0n) is 18.4. The lowest BCUT2D eigenvalue weighted by Crippen LogP contribution is -2.55. The van der Waals surface area contributed by atoms with Crippen LogP contribution in [0.25, 0.3) is 0 Å². The predicted molar refractivity (Wildman–Crippen MR) is 118 cm³/mol. The van der Waals surface area contributed by atoms with Gasteiger partial charge in [0.15, 0.2) is 0 Å². The van der Waals surface area contributed by atoms with Crippen molar-refractivity contribution in [1.29, 1.82) is 0 Å². The Morgan fingerprint density at radius 3 is 2.53 bits per heavy atom. The molecule has 0 atom stereocenters. The standard InChI is InChI=1S/C24H32FN3O2/c1-6-19(22(26-5)27-24(4)11-12-24)21(16(2)3)23(29)28-13-18(14-28)30-15-17-9-7-8-10-20(17)25/h7-10,18,27H,5-6,11-15H2,1-4H3/b22-19-. The second-order valence-electron chi connectivity index (χ2n) is 8.63. The summed E-state index contributed by atoms with van der Waals surface area (Å²) in [6, 6.07) is 6.59. The normalized spacial score (nSPS) is 18.2. The SMILES string of the molecule is C=N/C(NC1(C)CC1)=C(\CC)C(C(=O)N1CC(OCc2ccccc2F)C1)=C(C)C. The first-order valence-corrected chi connectivity index (χ1v) is 10.6. The first kappa shape index (κ1) is 22.2. The molecule has 1 saturated heterocycles. The molecule has 1 N–H and O–H groups in total.